The Balaban J connectivity index is 1.39. The van der Waals surface area contributed by atoms with Gasteiger partial charge in [0, 0.05) is 38.9 Å². The predicted octanol–water partition coefficient (Wildman–Crippen LogP) is 4.26. The van der Waals surface area contributed by atoms with E-state index in [1.54, 1.807) is 11.9 Å². The molecule has 0 aromatic heterocycles. The van der Waals surface area contributed by atoms with Crippen molar-refractivity contribution in [1.29, 1.82) is 0 Å². The predicted molar refractivity (Wildman–Crippen MR) is 126 cm³/mol. The number of carboxylic acids is 1. The zero-order valence-electron chi connectivity index (χ0n) is 19.3. The lowest BCUT2D eigenvalue weighted by atomic mass is 9.98. The number of ether oxygens (including phenoxy) is 1. The molecule has 7 nitrogen and oxygen atoms in total. The molecule has 3 rings (SSSR count). The largest absolute Gasteiger partial charge is 0.481 e. The SMILES string of the molecule is CC(CCC(=O)N(C)CCCC(=O)O)CNC(=O)OCC1c2ccccc2-c2ccccc21. The molecule has 2 N–H and O–H groups in total. The van der Waals surface area contributed by atoms with Gasteiger partial charge in [-0.15, -0.1) is 0 Å². The van der Waals surface area contributed by atoms with Crippen LogP contribution in [-0.4, -0.2) is 54.7 Å². The Bertz CT molecular complexity index is 945. The lowest BCUT2D eigenvalue weighted by molar-refractivity contribution is -0.138. The van der Waals surface area contributed by atoms with Crippen LogP contribution in [-0.2, 0) is 14.3 Å². The maximum absolute atomic E-state index is 12.3. The fraction of sp³-hybridized carbons (Fsp3) is 0.423. The van der Waals surface area contributed by atoms with Gasteiger partial charge in [0.05, 0.1) is 0 Å². The summed E-state index contributed by atoms with van der Waals surface area (Å²) in [5.74, 6) is -0.742. The van der Waals surface area contributed by atoms with Crippen molar-refractivity contribution >= 4 is 18.0 Å². The molecule has 1 aliphatic rings. The second-order valence-electron chi connectivity index (χ2n) is 8.66. The summed E-state index contributed by atoms with van der Waals surface area (Å²) >= 11 is 0. The molecule has 0 fully saturated rings. The zero-order valence-corrected chi connectivity index (χ0v) is 19.3. The number of amides is 2. The molecule has 0 saturated carbocycles. The molecule has 0 heterocycles. The highest BCUT2D eigenvalue weighted by atomic mass is 16.5. The Kier molecular flexibility index (Phi) is 8.46. The molecule has 0 radical (unpaired) electrons. The Morgan fingerprint density at radius 2 is 1.64 bits per heavy atom. The molecule has 0 spiro atoms. The van der Waals surface area contributed by atoms with E-state index in [0.717, 1.165) is 0 Å². The summed E-state index contributed by atoms with van der Waals surface area (Å²) in [6.45, 7) is 3.10. The van der Waals surface area contributed by atoms with Gasteiger partial charge in [0.2, 0.25) is 5.91 Å². The van der Waals surface area contributed by atoms with Crippen LogP contribution in [0.1, 0.15) is 49.7 Å². The number of carbonyl (C=O) groups is 3. The number of hydrogen-bond acceptors (Lipinski definition) is 4. The summed E-state index contributed by atoms with van der Waals surface area (Å²) in [7, 11) is 1.68. The minimum absolute atomic E-state index is 0.0200. The molecule has 33 heavy (non-hydrogen) atoms. The summed E-state index contributed by atoms with van der Waals surface area (Å²) in [4.78, 5) is 36.6. The average molecular weight is 453 g/mol. The smallest absolute Gasteiger partial charge is 0.407 e. The van der Waals surface area contributed by atoms with Crippen LogP contribution in [0.3, 0.4) is 0 Å². The van der Waals surface area contributed by atoms with Gasteiger partial charge in [-0.2, -0.15) is 0 Å². The van der Waals surface area contributed by atoms with Gasteiger partial charge in [0.25, 0.3) is 0 Å². The monoisotopic (exact) mass is 452 g/mol. The van der Waals surface area contributed by atoms with E-state index in [1.807, 2.05) is 31.2 Å². The topological polar surface area (TPSA) is 95.9 Å². The van der Waals surface area contributed by atoms with Gasteiger partial charge >= 0.3 is 12.1 Å². The first-order valence-corrected chi connectivity index (χ1v) is 11.4. The quantitative estimate of drug-likeness (QED) is 0.531. The first kappa shape index (κ1) is 24.3. The Labute approximate surface area is 194 Å². The van der Waals surface area contributed by atoms with E-state index >= 15 is 0 Å². The van der Waals surface area contributed by atoms with Gasteiger partial charge in [0.15, 0.2) is 0 Å². The van der Waals surface area contributed by atoms with Crippen molar-refractivity contribution in [2.75, 3.05) is 26.7 Å². The summed E-state index contributed by atoms with van der Waals surface area (Å²) in [6, 6.07) is 16.4. The molecule has 0 bridgehead atoms. The van der Waals surface area contributed by atoms with Gasteiger partial charge in [-0.25, -0.2) is 4.79 Å². The van der Waals surface area contributed by atoms with Crippen molar-refractivity contribution in [1.82, 2.24) is 10.2 Å². The number of nitrogens with one attached hydrogen (secondary N) is 1. The van der Waals surface area contributed by atoms with Crippen molar-refractivity contribution < 1.29 is 24.2 Å². The number of rotatable bonds is 11. The third-order valence-electron chi connectivity index (χ3n) is 6.10. The van der Waals surface area contributed by atoms with E-state index in [0.29, 0.717) is 32.4 Å². The van der Waals surface area contributed by atoms with Crippen molar-refractivity contribution in [2.24, 2.45) is 5.92 Å². The Morgan fingerprint density at radius 1 is 1.03 bits per heavy atom. The first-order chi connectivity index (χ1) is 15.9. The maximum Gasteiger partial charge on any atom is 0.407 e. The summed E-state index contributed by atoms with van der Waals surface area (Å²) in [5, 5.41) is 11.5. The number of carboxylic acid groups (broad SMARTS) is 1. The van der Waals surface area contributed by atoms with Crippen molar-refractivity contribution in [3.63, 3.8) is 0 Å². The van der Waals surface area contributed by atoms with E-state index < -0.39 is 12.1 Å². The molecule has 0 aliphatic heterocycles. The third-order valence-corrected chi connectivity index (χ3v) is 6.10. The van der Waals surface area contributed by atoms with Crippen LogP contribution in [0.2, 0.25) is 0 Å². The van der Waals surface area contributed by atoms with E-state index in [1.165, 1.54) is 22.3 Å². The van der Waals surface area contributed by atoms with Crippen LogP contribution in [0.4, 0.5) is 4.79 Å². The molecule has 2 aromatic rings. The molecule has 176 valence electrons. The zero-order chi connectivity index (χ0) is 23.8. The normalized spacial score (nSPS) is 13.0. The Morgan fingerprint density at radius 3 is 2.24 bits per heavy atom. The summed E-state index contributed by atoms with van der Waals surface area (Å²) in [5.41, 5.74) is 4.72. The minimum Gasteiger partial charge on any atom is -0.481 e. The van der Waals surface area contributed by atoms with Crippen molar-refractivity contribution in [3.8, 4) is 11.1 Å². The van der Waals surface area contributed by atoms with Crippen molar-refractivity contribution in [2.45, 2.75) is 38.5 Å². The van der Waals surface area contributed by atoms with E-state index in [2.05, 4.69) is 29.6 Å². The summed E-state index contributed by atoms with van der Waals surface area (Å²) in [6.07, 6.45) is 1.03. The van der Waals surface area contributed by atoms with Gasteiger partial charge < -0.3 is 20.1 Å². The summed E-state index contributed by atoms with van der Waals surface area (Å²) < 4.78 is 5.54. The number of benzene rings is 2. The van der Waals surface area contributed by atoms with Crippen LogP contribution < -0.4 is 5.32 Å². The Hall–Kier alpha value is -3.35. The van der Waals surface area contributed by atoms with Gasteiger partial charge in [-0.1, -0.05) is 55.5 Å². The van der Waals surface area contributed by atoms with Crippen LogP contribution in [0.25, 0.3) is 11.1 Å². The molecule has 1 atom stereocenters. The van der Waals surface area contributed by atoms with Crippen LogP contribution >= 0.6 is 0 Å². The minimum atomic E-state index is -0.858. The van der Waals surface area contributed by atoms with Crippen molar-refractivity contribution in [3.05, 3.63) is 59.7 Å². The molecule has 0 saturated heterocycles. The molecule has 2 aromatic carbocycles. The van der Waals surface area contributed by atoms with Gasteiger partial charge in [-0.3, -0.25) is 9.59 Å². The van der Waals surface area contributed by atoms with Crippen LogP contribution in [0, 0.1) is 5.92 Å². The highest BCUT2D eigenvalue weighted by molar-refractivity contribution is 5.79. The lowest BCUT2D eigenvalue weighted by Crippen LogP contribution is -2.31. The third kappa shape index (κ3) is 6.57. The number of nitrogens with zero attached hydrogens (tertiary/aromatic N) is 1. The highest BCUT2D eigenvalue weighted by Gasteiger charge is 2.29. The molecule has 1 aliphatic carbocycles. The molecule has 7 heteroatoms. The number of carbonyl (C=O) groups excluding carboxylic acids is 2. The number of fused-ring (bicyclic) bond motifs is 3. The fourth-order valence-electron chi connectivity index (χ4n) is 4.16. The number of hydrogen-bond donors (Lipinski definition) is 2. The fourth-order valence-corrected chi connectivity index (χ4v) is 4.16. The first-order valence-electron chi connectivity index (χ1n) is 11.4. The standard InChI is InChI=1S/C26H32N2O5/c1-18(13-14-24(29)28(2)15-7-12-25(30)31)16-27-26(32)33-17-23-21-10-5-3-8-19(21)20-9-4-6-11-22(20)23/h3-6,8-11,18,23H,7,12-17H2,1-2H3,(H,27,32)(H,30,31). The molecular formula is C26H32N2O5. The number of aliphatic carboxylic acids is 1. The second-order valence-corrected chi connectivity index (χ2v) is 8.66. The molecule has 1 unspecified atom stereocenters. The highest BCUT2D eigenvalue weighted by Crippen LogP contribution is 2.44. The lowest BCUT2D eigenvalue weighted by Gasteiger charge is -2.19. The van der Waals surface area contributed by atoms with E-state index in [9.17, 15) is 14.4 Å². The van der Waals surface area contributed by atoms with Crippen LogP contribution in [0.5, 0.6) is 0 Å². The van der Waals surface area contributed by atoms with E-state index in [-0.39, 0.29) is 30.8 Å². The van der Waals surface area contributed by atoms with Crippen LogP contribution in [0.15, 0.2) is 48.5 Å². The number of alkyl carbamates (subject to hydrolysis) is 1. The molecule has 2 amide bonds. The molecular weight excluding hydrogens is 420 g/mol. The maximum atomic E-state index is 12.3. The van der Waals surface area contributed by atoms with Gasteiger partial charge in [0.1, 0.15) is 6.61 Å². The van der Waals surface area contributed by atoms with E-state index in [4.69, 9.17) is 9.84 Å². The average Bonchev–Trinajstić information content (AvgIpc) is 3.13. The second kappa shape index (κ2) is 11.5. The van der Waals surface area contributed by atoms with Gasteiger partial charge in [-0.05, 0) is 41.0 Å².